The van der Waals surface area contributed by atoms with Crippen LogP contribution in [0.1, 0.15) is 36.6 Å². The van der Waals surface area contributed by atoms with Crippen molar-refractivity contribution in [3.63, 3.8) is 0 Å². The third-order valence-electron chi connectivity index (χ3n) is 4.42. The molecule has 0 atom stereocenters. The number of hydrogen-bond acceptors (Lipinski definition) is 5. The third kappa shape index (κ3) is 4.14. The van der Waals surface area contributed by atoms with E-state index in [-0.39, 0.29) is 4.90 Å². The quantitative estimate of drug-likeness (QED) is 0.616. The summed E-state index contributed by atoms with van der Waals surface area (Å²) in [4.78, 5) is 0.165. The van der Waals surface area contributed by atoms with Crippen LogP contribution in [0, 0.1) is 6.92 Å². The van der Waals surface area contributed by atoms with Gasteiger partial charge in [0.05, 0.1) is 4.90 Å². The average Bonchev–Trinajstić information content (AvgIpc) is 3.10. The zero-order chi connectivity index (χ0) is 20.1. The lowest BCUT2D eigenvalue weighted by atomic mass is 10.1. The van der Waals surface area contributed by atoms with E-state index in [1.54, 1.807) is 24.3 Å². The van der Waals surface area contributed by atoms with Crippen LogP contribution >= 0.6 is 0 Å². The van der Waals surface area contributed by atoms with Crippen molar-refractivity contribution < 1.29 is 8.42 Å². The van der Waals surface area contributed by atoms with E-state index in [1.165, 1.54) is 0 Å². The van der Waals surface area contributed by atoms with Crippen LogP contribution in [0.15, 0.2) is 66.1 Å². The fourth-order valence-electron chi connectivity index (χ4n) is 2.76. The van der Waals surface area contributed by atoms with Crippen LogP contribution in [-0.2, 0) is 16.4 Å². The van der Waals surface area contributed by atoms with Crippen LogP contribution in [-0.4, -0.2) is 22.8 Å². The number of hydrogen-bond donors (Lipinski definition) is 1. The summed E-state index contributed by atoms with van der Waals surface area (Å²) in [7, 11) is -3.88. The van der Waals surface area contributed by atoms with Gasteiger partial charge in [-0.1, -0.05) is 68.0 Å². The first-order chi connectivity index (χ1) is 13.4. The largest absolute Gasteiger partial charge is 0.338 e. The molecule has 28 heavy (non-hydrogen) atoms. The summed E-state index contributed by atoms with van der Waals surface area (Å²) >= 11 is 0. The van der Waals surface area contributed by atoms with Crippen molar-refractivity contribution in [2.75, 3.05) is 5.32 Å². The minimum Gasteiger partial charge on any atom is -0.338 e. The Bertz CT molecular complexity index is 1060. The minimum atomic E-state index is -3.88. The standard InChI is InChI=1S/C21H24N4O2S/c1-4-5-11-20-21(22-17(3)18-9-7-6-8-10-18)25(24-23-20)28(26,27)19-14-12-16(2)13-15-19/h6-10,12-15,22H,3-5,11H2,1-2H3. The predicted molar refractivity (Wildman–Crippen MR) is 111 cm³/mol. The highest BCUT2D eigenvalue weighted by atomic mass is 32.2. The Morgan fingerprint density at radius 2 is 1.79 bits per heavy atom. The molecule has 1 heterocycles. The van der Waals surface area contributed by atoms with Crippen LogP contribution in [0.3, 0.4) is 0 Å². The first-order valence-corrected chi connectivity index (χ1v) is 10.7. The second-order valence-electron chi connectivity index (χ2n) is 6.62. The molecule has 0 unspecified atom stereocenters. The summed E-state index contributed by atoms with van der Waals surface area (Å²) in [6.07, 6.45) is 2.48. The minimum absolute atomic E-state index is 0.165. The molecule has 0 radical (unpaired) electrons. The molecule has 0 fully saturated rings. The molecule has 0 saturated heterocycles. The van der Waals surface area contributed by atoms with E-state index in [0.717, 1.165) is 28.1 Å². The first-order valence-electron chi connectivity index (χ1n) is 9.21. The van der Waals surface area contributed by atoms with Gasteiger partial charge in [0.2, 0.25) is 0 Å². The summed E-state index contributed by atoms with van der Waals surface area (Å²) in [5.74, 6) is 0.336. The SMILES string of the molecule is C=C(Nc1c(CCCC)nnn1S(=O)(=O)c1ccc(C)cc1)c1ccccc1. The molecule has 0 amide bonds. The van der Waals surface area contributed by atoms with Crippen molar-refractivity contribution in [1.82, 2.24) is 14.4 Å². The van der Waals surface area contributed by atoms with Crippen molar-refractivity contribution >= 4 is 21.5 Å². The fourth-order valence-corrected chi connectivity index (χ4v) is 3.97. The van der Waals surface area contributed by atoms with Gasteiger partial charge in [0.15, 0.2) is 5.82 Å². The Hall–Kier alpha value is -2.93. The van der Waals surface area contributed by atoms with Crippen molar-refractivity contribution in [2.24, 2.45) is 0 Å². The van der Waals surface area contributed by atoms with Crippen LogP contribution in [0.25, 0.3) is 5.70 Å². The van der Waals surface area contributed by atoms with Crippen molar-refractivity contribution in [3.05, 3.63) is 78.0 Å². The number of aromatic nitrogens is 3. The second kappa shape index (κ2) is 8.39. The van der Waals surface area contributed by atoms with Crippen molar-refractivity contribution in [3.8, 4) is 0 Å². The van der Waals surface area contributed by atoms with Gasteiger partial charge in [0, 0.05) is 5.70 Å². The highest BCUT2D eigenvalue weighted by Gasteiger charge is 2.25. The maximum absolute atomic E-state index is 13.2. The molecule has 0 bridgehead atoms. The maximum atomic E-state index is 13.2. The molecule has 1 N–H and O–H groups in total. The number of aryl methyl sites for hydroxylation is 2. The van der Waals surface area contributed by atoms with Crippen LogP contribution in [0.2, 0.25) is 0 Å². The molecule has 3 aromatic rings. The van der Waals surface area contributed by atoms with E-state index >= 15 is 0 Å². The number of nitrogens with zero attached hydrogens (tertiary/aromatic N) is 3. The van der Waals surface area contributed by atoms with E-state index in [9.17, 15) is 8.42 Å². The van der Waals surface area contributed by atoms with E-state index in [2.05, 4.69) is 29.1 Å². The number of rotatable bonds is 8. The number of nitrogens with one attached hydrogen (secondary N) is 1. The number of anilines is 1. The van der Waals surface area contributed by atoms with Crippen LogP contribution < -0.4 is 5.32 Å². The first kappa shape index (κ1) is 19.8. The molecule has 0 spiro atoms. The monoisotopic (exact) mass is 396 g/mol. The van der Waals surface area contributed by atoms with Crippen LogP contribution in [0.4, 0.5) is 5.82 Å². The van der Waals surface area contributed by atoms with E-state index in [0.29, 0.717) is 23.6 Å². The Balaban J connectivity index is 2.02. The van der Waals surface area contributed by atoms with E-state index < -0.39 is 10.0 Å². The molecule has 7 heteroatoms. The molecule has 6 nitrogen and oxygen atoms in total. The Morgan fingerprint density at radius 3 is 2.43 bits per heavy atom. The normalized spacial score (nSPS) is 11.4. The molecular formula is C21H24N4O2S. The zero-order valence-electron chi connectivity index (χ0n) is 16.1. The van der Waals surface area contributed by atoms with Gasteiger partial charge in [-0.2, -0.15) is 8.42 Å². The summed E-state index contributed by atoms with van der Waals surface area (Å²) in [5, 5.41) is 11.2. The molecule has 0 aliphatic carbocycles. The molecule has 146 valence electrons. The molecule has 0 aliphatic heterocycles. The Kier molecular flexibility index (Phi) is 5.94. The topological polar surface area (TPSA) is 76.9 Å². The third-order valence-corrected chi connectivity index (χ3v) is 6.00. The molecule has 2 aromatic carbocycles. The maximum Gasteiger partial charge on any atom is 0.286 e. The van der Waals surface area contributed by atoms with Gasteiger partial charge in [0.1, 0.15) is 5.69 Å². The molecule has 0 saturated carbocycles. The van der Waals surface area contributed by atoms with Gasteiger partial charge >= 0.3 is 0 Å². The lowest BCUT2D eigenvalue weighted by Gasteiger charge is -2.13. The lowest BCUT2D eigenvalue weighted by Crippen LogP contribution is -2.18. The van der Waals surface area contributed by atoms with Gasteiger partial charge in [0.25, 0.3) is 10.0 Å². The van der Waals surface area contributed by atoms with Gasteiger partial charge in [-0.25, -0.2) is 0 Å². The summed E-state index contributed by atoms with van der Waals surface area (Å²) in [6.45, 7) is 8.04. The fraction of sp³-hybridized carbons (Fsp3) is 0.238. The number of benzene rings is 2. The smallest absolute Gasteiger partial charge is 0.286 e. The summed E-state index contributed by atoms with van der Waals surface area (Å²) in [6, 6.07) is 16.2. The average molecular weight is 397 g/mol. The molecule has 0 aliphatic rings. The van der Waals surface area contributed by atoms with E-state index in [1.807, 2.05) is 37.3 Å². The lowest BCUT2D eigenvalue weighted by molar-refractivity contribution is 0.578. The van der Waals surface area contributed by atoms with Crippen molar-refractivity contribution in [1.29, 1.82) is 0 Å². The highest BCUT2D eigenvalue weighted by Crippen LogP contribution is 2.25. The number of unbranched alkanes of at least 4 members (excludes halogenated alkanes) is 1. The van der Waals surface area contributed by atoms with Gasteiger partial charge in [-0.3, -0.25) is 0 Å². The zero-order valence-corrected chi connectivity index (χ0v) is 16.9. The Morgan fingerprint density at radius 1 is 1.11 bits per heavy atom. The van der Waals surface area contributed by atoms with Crippen LogP contribution in [0.5, 0.6) is 0 Å². The summed E-state index contributed by atoms with van der Waals surface area (Å²) < 4.78 is 27.3. The van der Waals surface area contributed by atoms with Gasteiger partial charge in [-0.05, 0) is 42.7 Å². The second-order valence-corrected chi connectivity index (χ2v) is 8.39. The van der Waals surface area contributed by atoms with E-state index in [4.69, 9.17) is 0 Å². The Labute approximate surface area is 166 Å². The molecule has 3 rings (SSSR count). The van der Waals surface area contributed by atoms with Gasteiger partial charge < -0.3 is 5.32 Å². The van der Waals surface area contributed by atoms with Gasteiger partial charge in [-0.15, -0.1) is 9.19 Å². The van der Waals surface area contributed by atoms with Crippen molar-refractivity contribution in [2.45, 2.75) is 38.0 Å². The molecular weight excluding hydrogens is 372 g/mol. The predicted octanol–water partition coefficient (Wildman–Crippen LogP) is 4.25. The highest BCUT2D eigenvalue weighted by molar-refractivity contribution is 7.90. The molecule has 1 aromatic heterocycles. The summed E-state index contributed by atoms with van der Waals surface area (Å²) in [5.41, 5.74) is 3.04.